The van der Waals surface area contributed by atoms with Crippen LogP contribution in [0.1, 0.15) is 36.8 Å². The number of anilines is 1. The van der Waals surface area contributed by atoms with Crippen molar-refractivity contribution in [3.63, 3.8) is 0 Å². The van der Waals surface area contributed by atoms with Crippen molar-refractivity contribution in [2.24, 2.45) is 0 Å². The van der Waals surface area contributed by atoms with Crippen LogP contribution in [0.4, 0.5) is 5.69 Å². The Hall–Kier alpha value is -2.78. The van der Waals surface area contributed by atoms with Crippen LogP contribution in [-0.2, 0) is 16.6 Å². The standard InChI is InChI=1S/C28H29ClN2O2S/c29-26-16-18-28(19-17-26)34(32,33)31(27-14-3-1-4-15-27)23-25-13-6-5-11-24(25)12-7-10-22-30-20-8-2-9-21-30/h1,3-6,11,13-19H,2,8-10,20-23H2. The molecule has 6 heteroatoms. The van der Waals surface area contributed by atoms with Gasteiger partial charge in [-0.3, -0.25) is 4.31 Å². The summed E-state index contributed by atoms with van der Waals surface area (Å²) in [5, 5.41) is 0.496. The van der Waals surface area contributed by atoms with Crippen LogP contribution in [0.3, 0.4) is 0 Å². The van der Waals surface area contributed by atoms with E-state index in [4.69, 9.17) is 11.6 Å². The van der Waals surface area contributed by atoms with Gasteiger partial charge in [-0.2, -0.15) is 0 Å². The zero-order valence-corrected chi connectivity index (χ0v) is 20.7. The molecule has 0 atom stereocenters. The summed E-state index contributed by atoms with van der Waals surface area (Å²) in [5.74, 6) is 6.60. The van der Waals surface area contributed by atoms with E-state index in [-0.39, 0.29) is 11.4 Å². The number of rotatable bonds is 7. The molecule has 3 aromatic rings. The molecule has 0 N–H and O–H groups in total. The second-order valence-electron chi connectivity index (χ2n) is 8.41. The minimum Gasteiger partial charge on any atom is -0.302 e. The van der Waals surface area contributed by atoms with Crippen LogP contribution in [0.5, 0.6) is 0 Å². The lowest BCUT2D eigenvalue weighted by atomic mass is 10.1. The van der Waals surface area contributed by atoms with Crippen LogP contribution in [0, 0.1) is 11.8 Å². The van der Waals surface area contributed by atoms with Crippen molar-refractivity contribution in [3.05, 3.63) is 95.0 Å². The maximum atomic E-state index is 13.6. The Morgan fingerprint density at radius 3 is 2.26 bits per heavy atom. The number of benzene rings is 3. The monoisotopic (exact) mass is 492 g/mol. The second-order valence-corrected chi connectivity index (χ2v) is 10.7. The van der Waals surface area contributed by atoms with Gasteiger partial charge in [-0.15, -0.1) is 0 Å². The van der Waals surface area contributed by atoms with Crippen molar-refractivity contribution >= 4 is 27.3 Å². The molecule has 0 unspecified atom stereocenters. The Morgan fingerprint density at radius 1 is 0.853 bits per heavy atom. The van der Waals surface area contributed by atoms with E-state index in [1.807, 2.05) is 42.5 Å². The topological polar surface area (TPSA) is 40.6 Å². The fourth-order valence-corrected chi connectivity index (χ4v) is 5.70. The van der Waals surface area contributed by atoms with E-state index in [1.54, 1.807) is 36.4 Å². The van der Waals surface area contributed by atoms with Crippen molar-refractivity contribution in [1.82, 2.24) is 4.90 Å². The van der Waals surface area contributed by atoms with Crippen LogP contribution in [0.15, 0.2) is 83.8 Å². The van der Waals surface area contributed by atoms with Crippen molar-refractivity contribution < 1.29 is 8.42 Å². The summed E-state index contributed by atoms with van der Waals surface area (Å²) >= 11 is 5.99. The number of nitrogens with zero attached hydrogens (tertiary/aromatic N) is 2. The molecule has 0 spiro atoms. The smallest absolute Gasteiger partial charge is 0.264 e. The first-order valence-electron chi connectivity index (χ1n) is 11.7. The van der Waals surface area contributed by atoms with Crippen LogP contribution in [0.2, 0.25) is 5.02 Å². The molecule has 1 aliphatic rings. The molecular weight excluding hydrogens is 464 g/mol. The van der Waals surface area contributed by atoms with E-state index in [1.165, 1.54) is 23.6 Å². The minimum absolute atomic E-state index is 0.186. The van der Waals surface area contributed by atoms with E-state index in [2.05, 4.69) is 16.7 Å². The molecule has 3 aromatic carbocycles. The van der Waals surface area contributed by atoms with E-state index in [0.717, 1.165) is 37.2 Å². The summed E-state index contributed by atoms with van der Waals surface area (Å²) in [4.78, 5) is 2.67. The molecule has 4 nitrogen and oxygen atoms in total. The van der Waals surface area contributed by atoms with Crippen molar-refractivity contribution in [1.29, 1.82) is 0 Å². The Morgan fingerprint density at radius 2 is 1.53 bits per heavy atom. The van der Waals surface area contributed by atoms with Gasteiger partial charge in [0.15, 0.2) is 0 Å². The van der Waals surface area contributed by atoms with Crippen LogP contribution in [-0.4, -0.2) is 33.0 Å². The summed E-state index contributed by atoms with van der Waals surface area (Å²) in [5.41, 5.74) is 2.33. The summed E-state index contributed by atoms with van der Waals surface area (Å²) in [7, 11) is -3.81. The maximum absolute atomic E-state index is 13.6. The highest BCUT2D eigenvalue weighted by Crippen LogP contribution is 2.27. The quantitative estimate of drug-likeness (QED) is 0.382. The van der Waals surface area contributed by atoms with Crippen LogP contribution in [0.25, 0.3) is 0 Å². The highest BCUT2D eigenvalue weighted by Gasteiger charge is 2.25. The van der Waals surface area contributed by atoms with Gasteiger partial charge in [0.25, 0.3) is 10.0 Å². The summed E-state index contributed by atoms with van der Waals surface area (Å²) in [6.45, 7) is 3.49. The highest BCUT2D eigenvalue weighted by molar-refractivity contribution is 7.92. The molecule has 176 valence electrons. The zero-order chi connectivity index (χ0) is 23.8. The van der Waals surface area contributed by atoms with Gasteiger partial charge in [0, 0.05) is 23.6 Å². The van der Waals surface area contributed by atoms with Crippen molar-refractivity contribution in [3.8, 4) is 11.8 Å². The number of piperidine rings is 1. The van der Waals surface area contributed by atoms with E-state index in [9.17, 15) is 8.42 Å². The number of likely N-dealkylation sites (tertiary alicyclic amines) is 1. The average molecular weight is 493 g/mol. The van der Waals surface area contributed by atoms with Gasteiger partial charge in [-0.1, -0.05) is 66.3 Å². The molecule has 1 fully saturated rings. The first kappa shape index (κ1) is 24.3. The molecular formula is C28H29ClN2O2S. The second kappa shape index (κ2) is 11.6. The number of halogens is 1. The fraction of sp³-hybridized carbons (Fsp3) is 0.286. The third kappa shape index (κ3) is 6.21. The average Bonchev–Trinajstić information content (AvgIpc) is 2.87. The third-order valence-electron chi connectivity index (χ3n) is 6.00. The molecule has 0 aliphatic carbocycles. The molecule has 1 aliphatic heterocycles. The molecule has 1 heterocycles. The Kier molecular flexibility index (Phi) is 8.29. The molecule has 0 saturated carbocycles. The number of hydrogen-bond donors (Lipinski definition) is 0. The molecule has 0 amide bonds. The molecule has 4 rings (SSSR count). The van der Waals surface area contributed by atoms with Gasteiger partial charge in [0.1, 0.15) is 0 Å². The lowest BCUT2D eigenvalue weighted by molar-refractivity contribution is 0.234. The molecule has 34 heavy (non-hydrogen) atoms. The van der Waals surface area contributed by atoms with Gasteiger partial charge in [0.05, 0.1) is 17.1 Å². The van der Waals surface area contributed by atoms with E-state index >= 15 is 0 Å². The van der Waals surface area contributed by atoms with Crippen LogP contribution < -0.4 is 4.31 Å². The van der Waals surface area contributed by atoms with Gasteiger partial charge < -0.3 is 4.90 Å². The largest absolute Gasteiger partial charge is 0.302 e. The molecule has 0 bridgehead atoms. The predicted molar refractivity (Wildman–Crippen MR) is 139 cm³/mol. The van der Waals surface area contributed by atoms with E-state index < -0.39 is 10.0 Å². The summed E-state index contributed by atoms with van der Waals surface area (Å²) in [6.07, 6.45) is 4.67. The number of para-hydroxylation sites is 1. The summed E-state index contributed by atoms with van der Waals surface area (Å²) in [6, 6.07) is 23.2. The molecule has 1 saturated heterocycles. The normalized spacial score (nSPS) is 14.3. The first-order chi connectivity index (χ1) is 16.5. The van der Waals surface area contributed by atoms with E-state index in [0.29, 0.717) is 10.7 Å². The summed E-state index contributed by atoms with van der Waals surface area (Å²) < 4.78 is 28.7. The number of hydrogen-bond acceptors (Lipinski definition) is 3. The predicted octanol–water partition coefficient (Wildman–Crippen LogP) is 5.96. The fourth-order valence-electron chi connectivity index (χ4n) is 4.13. The van der Waals surface area contributed by atoms with Crippen molar-refractivity contribution in [2.45, 2.75) is 37.1 Å². The number of sulfonamides is 1. The zero-order valence-electron chi connectivity index (χ0n) is 19.2. The van der Waals surface area contributed by atoms with Gasteiger partial charge in [-0.05, 0) is 74.0 Å². The lowest BCUT2D eigenvalue weighted by Crippen LogP contribution is -2.31. The van der Waals surface area contributed by atoms with Crippen LogP contribution >= 0.6 is 11.6 Å². The molecule has 0 radical (unpaired) electrons. The first-order valence-corrected chi connectivity index (χ1v) is 13.5. The maximum Gasteiger partial charge on any atom is 0.264 e. The Bertz CT molecular complexity index is 1240. The highest BCUT2D eigenvalue weighted by atomic mass is 35.5. The molecule has 0 aromatic heterocycles. The third-order valence-corrected chi connectivity index (χ3v) is 8.04. The minimum atomic E-state index is -3.81. The van der Waals surface area contributed by atoms with Gasteiger partial charge in [0.2, 0.25) is 0 Å². The Labute approximate surface area is 208 Å². The van der Waals surface area contributed by atoms with Gasteiger partial charge >= 0.3 is 0 Å². The lowest BCUT2D eigenvalue weighted by Gasteiger charge is -2.25. The van der Waals surface area contributed by atoms with Gasteiger partial charge in [-0.25, -0.2) is 8.42 Å². The van der Waals surface area contributed by atoms with Crippen molar-refractivity contribution in [2.75, 3.05) is 23.9 Å². The Balaban J connectivity index is 1.59. The SMILES string of the molecule is O=S(=O)(c1ccc(Cl)cc1)N(Cc1ccccc1C#CCCN1CCCCC1)c1ccccc1.